The maximum Gasteiger partial charge on any atom is 0.145 e. The van der Waals surface area contributed by atoms with Crippen molar-refractivity contribution in [1.29, 1.82) is 0 Å². The van der Waals surface area contributed by atoms with Crippen LogP contribution in [0.1, 0.15) is 60.8 Å². The highest BCUT2D eigenvalue weighted by molar-refractivity contribution is 7.18. The van der Waals surface area contributed by atoms with E-state index in [2.05, 4.69) is 11.2 Å². The molecular weight excluding hydrogens is 515 g/mol. The monoisotopic (exact) mass is 540 g/mol. The summed E-state index contributed by atoms with van der Waals surface area (Å²) in [6.45, 7) is 0.399. The van der Waals surface area contributed by atoms with E-state index in [1.54, 1.807) is 11.3 Å². The summed E-state index contributed by atoms with van der Waals surface area (Å²) < 4.78 is 13.5. The average Bonchev–Trinajstić information content (AvgIpc) is 3.45. The van der Waals surface area contributed by atoms with Gasteiger partial charge in [-0.05, 0) is 74.6 Å². The number of hydrogen-bond donors (Lipinski definition) is 1. The van der Waals surface area contributed by atoms with Gasteiger partial charge in [-0.1, -0.05) is 46.6 Å². The van der Waals surface area contributed by atoms with Crippen LogP contribution in [-0.4, -0.2) is 21.4 Å². The molecular formula is C28H26Cl2N2O3S. The Hall–Kier alpha value is -1.96. The molecule has 3 aliphatic carbocycles. The Morgan fingerprint density at radius 3 is 2.42 bits per heavy atom. The van der Waals surface area contributed by atoms with E-state index in [4.69, 9.17) is 37.4 Å². The van der Waals surface area contributed by atoms with Crippen molar-refractivity contribution in [2.75, 3.05) is 0 Å². The zero-order valence-electron chi connectivity index (χ0n) is 19.6. The topological polar surface area (TPSA) is 68.4 Å². The number of rotatable bonds is 6. The van der Waals surface area contributed by atoms with Gasteiger partial charge in [0.2, 0.25) is 0 Å². The molecule has 4 aromatic rings. The second-order valence-corrected chi connectivity index (χ2v) is 12.3. The second kappa shape index (κ2) is 8.81. The minimum atomic E-state index is -0.865. The number of benzene rings is 2. The maximum atomic E-state index is 11.9. The van der Waals surface area contributed by atoms with Gasteiger partial charge in [-0.2, -0.15) is 0 Å². The average molecular weight is 542 g/mol. The number of fused-ring (bicyclic) bond motifs is 3. The summed E-state index contributed by atoms with van der Waals surface area (Å²) in [7, 11) is 0. The molecule has 0 spiro atoms. The fraction of sp³-hybridized carbons (Fsp3) is 0.429. The summed E-state index contributed by atoms with van der Waals surface area (Å²) >= 11 is 14.7. The Balaban J connectivity index is 1.13. The Morgan fingerprint density at radius 2 is 1.72 bits per heavy atom. The highest BCUT2D eigenvalue weighted by atomic mass is 35.5. The van der Waals surface area contributed by atoms with Crippen LogP contribution in [0.15, 0.2) is 47.0 Å². The van der Waals surface area contributed by atoms with Crippen molar-refractivity contribution in [2.45, 2.75) is 62.8 Å². The minimum Gasteiger partial charge on any atom is -0.382 e. The van der Waals surface area contributed by atoms with Crippen LogP contribution < -0.4 is 0 Å². The van der Waals surface area contributed by atoms with Crippen molar-refractivity contribution in [3.05, 3.63) is 68.8 Å². The molecule has 1 N–H and O–H groups in total. The lowest BCUT2D eigenvalue weighted by Gasteiger charge is -2.41. The summed E-state index contributed by atoms with van der Waals surface area (Å²) in [5.41, 5.74) is 2.43. The molecule has 5 nitrogen and oxygen atoms in total. The molecule has 2 aromatic heterocycles. The van der Waals surface area contributed by atoms with Crippen LogP contribution in [0.5, 0.6) is 0 Å². The van der Waals surface area contributed by atoms with Crippen LogP contribution in [0.3, 0.4) is 0 Å². The molecule has 3 fully saturated rings. The van der Waals surface area contributed by atoms with Gasteiger partial charge in [0, 0.05) is 17.0 Å². The van der Waals surface area contributed by atoms with Gasteiger partial charge in [-0.25, -0.2) is 4.98 Å². The molecule has 0 aliphatic heterocycles. The van der Waals surface area contributed by atoms with E-state index in [1.807, 2.05) is 36.4 Å². The molecule has 2 heterocycles. The fourth-order valence-electron chi connectivity index (χ4n) is 6.28. The second-order valence-electron chi connectivity index (χ2n) is 10.4. The predicted octanol–water partition coefficient (Wildman–Crippen LogP) is 7.73. The molecule has 2 aromatic carbocycles. The molecule has 2 bridgehead atoms. The van der Waals surface area contributed by atoms with Crippen LogP contribution in [0, 0.1) is 11.8 Å². The van der Waals surface area contributed by atoms with E-state index < -0.39 is 5.60 Å². The third kappa shape index (κ3) is 3.72. The SMILES string of the molecule is OC1(c2nc3ccccc3s2)[C@@H]2CC[C@H]1CC(OCc1c(-c3c(Cl)cccc3Cl)noc1C1CC1)C2. The van der Waals surface area contributed by atoms with Crippen LogP contribution in [0.25, 0.3) is 21.5 Å². The normalized spacial score (nSPS) is 27.7. The lowest BCUT2D eigenvalue weighted by molar-refractivity contribution is -0.116. The van der Waals surface area contributed by atoms with Gasteiger partial charge in [-0.15, -0.1) is 11.3 Å². The Bertz CT molecular complexity index is 1380. The third-order valence-corrected chi connectivity index (χ3v) is 10.1. The van der Waals surface area contributed by atoms with Crippen LogP contribution in [-0.2, 0) is 16.9 Å². The smallest absolute Gasteiger partial charge is 0.145 e. The van der Waals surface area contributed by atoms with Crippen molar-refractivity contribution in [3.63, 3.8) is 0 Å². The first kappa shape index (κ1) is 23.2. The minimum absolute atomic E-state index is 0.0636. The quantitative estimate of drug-likeness (QED) is 0.271. The van der Waals surface area contributed by atoms with Gasteiger partial charge in [0.1, 0.15) is 22.1 Å². The van der Waals surface area contributed by atoms with E-state index in [-0.39, 0.29) is 17.9 Å². The van der Waals surface area contributed by atoms with Crippen molar-refractivity contribution >= 4 is 44.8 Å². The van der Waals surface area contributed by atoms with Crippen LogP contribution in [0.4, 0.5) is 0 Å². The molecule has 8 heteroatoms. The highest BCUT2D eigenvalue weighted by Crippen LogP contribution is 2.57. The van der Waals surface area contributed by atoms with E-state index in [9.17, 15) is 5.11 Å². The first-order valence-electron chi connectivity index (χ1n) is 12.6. The molecule has 7 rings (SSSR count). The number of ether oxygens (including phenoxy) is 1. The molecule has 2 unspecified atom stereocenters. The predicted molar refractivity (Wildman–Crippen MR) is 141 cm³/mol. The lowest BCUT2D eigenvalue weighted by atomic mass is 9.73. The molecule has 0 radical (unpaired) electrons. The number of hydrogen-bond acceptors (Lipinski definition) is 6. The molecule has 3 saturated carbocycles. The van der Waals surface area contributed by atoms with Gasteiger partial charge in [-0.3, -0.25) is 0 Å². The molecule has 3 aliphatic rings. The summed E-state index contributed by atoms with van der Waals surface area (Å²) in [4.78, 5) is 4.84. The summed E-state index contributed by atoms with van der Waals surface area (Å²) in [5.74, 6) is 1.57. The van der Waals surface area contributed by atoms with Crippen molar-refractivity contribution in [1.82, 2.24) is 10.1 Å². The van der Waals surface area contributed by atoms with Crippen molar-refractivity contribution in [3.8, 4) is 11.3 Å². The van der Waals surface area contributed by atoms with E-state index in [1.165, 1.54) is 0 Å². The number of aromatic nitrogens is 2. The Kier molecular flexibility index (Phi) is 5.67. The summed E-state index contributed by atoms with van der Waals surface area (Å²) in [6, 6.07) is 13.6. The Morgan fingerprint density at radius 1 is 1.00 bits per heavy atom. The number of aliphatic hydroxyl groups is 1. The molecule has 0 amide bonds. The number of nitrogens with zero attached hydrogens (tertiary/aromatic N) is 2. The van der Waals surface area contributed by atoms with Gasteiger partial charge < -0.3 is 14.4 Å². The van der Waals surface area contributed by atoms with E-state index >= 15 is 0 Å². The molecule has 36 heavy (non-hydrogen) atoms. The van der Waals surface area contributed by atoms with Gasteiger partial charge in [0.25, 0.3) is 0 Å². The molecule has 4 atom stereocenters. The number of para-hydroxylation sites is 1. The van der Waals surface area contributed by atoms with Crippen molar-refractivity contribution in [2.24, 2.45) is 11.8 Å². The first-order chi connectivity index (χ1) is 17.5. The lowest BCUT2D eigenvalue weighted by Crippen LogP contribution is -2.44. The zero-order valence-corrected chi connectivity index (χ0v) is 22.0. The van der Waals surface area contributed by atoms with Crippen LogP contribution in [0.2, 0.25) is 10.0 Å². The van der Waals surface area contributed by atoms with Gasteiger partial charge in [0.05, 0.1) is 33.0 Å². The van der Waals surface area contributed by atoms with Crippen LogP contribution >= 0.6 is 34.5 Å². The zero-order chi connectivity index (χ0) is 24.4. The molecule has 0 saturated heterocycles. The van der Waals surface area contributed by atoms with E-state index in [0.29, 0.717) is 33.8 Å². The molecule has 186 valence electrons. The van der Waals surface area contributed by atoms with E-state index in [0.717, 1.165) is 65.1 Å². The maximum absolute atomic E-state index is 11.9. The standard InChI is InChI=1S/C28H26Cl2N2O3S/c29-20-4-3-5-21(30)24(20)25-19(26(35-32-25)15-8-9-15)14-34-18-12-16-10-11-17(13-18)28(16,33)27-31-22-6-1-2-7-23(22)36-27/h1-7,15-18,33H,8-14H2/t16-,17+,18?,28?. The highest BCUT2D eigenvalue weighted by Gasteiger charge is 2.56. The largest absolute Gasteiger partial charge is 0.382 e. The third-order valence-electron chi connectivity index (χ3n) is 8.27. The Labute approximate surface area is 223 Å². The van der Waals surface area contributed by atoms with Gasteiger partial charge in [0.15, 0.2) is 0 Å². The number of halogens is 2. The van der Waals surface area contributed by atoms with Gasteiger partial charge >= 0.3 is 0 Å². The fourth-order valence-corrected chi connectivity index (χ4v) is 8.07. The summed E-state index contributed by atoms with van der Waals surface area (Å²) in [5, 5.41) is 18.3. The summed E-state index contributed by atoms with van der Waals surface area (Å²) in [6.07, 6.45) is 5.88. The number of thiazole rings is 1. The van der Waals surface area contributed by atoms with Crippen molar-refractivity contribution < 1.29 is 14.4 Å². The first-order valence-corrected chi connectivity index (χ1v) is 14.2.